The van der Waals surface area contributed by atoms with Gasteiger partial charge in [-0.2, -0.15) is 0 Å². The molecule has 1 atom stereocenters. The van der Waals surface area contributed by atoms with E-state index in [9.17, 15) is 13.2 Å². The molecule has 0 aromatic carbocycles. The number of carbonyl (C=O) groups excluding carboxylic acids is 1. The minimum atomic E-state index is -3.06. The zero-order valence-electron chi connectivity index (χ0n) is 11.2. The smallest absolute Gasteiger partial charge is 0.233 e. The summed E-state index contributed by atoms with van der Waals surface area (Å²) in [5.41, 5.74) is 5.55. The molecule has 1 saturated heterocycles. The minimum absolute atomic E-state index is 0.0280. The Morgan fingerprint density at radius 2 is 1.95 bits per heavy atom. The van der Waals surface area contributed by atoms with Crippen LogP contribution in [0.1, 0.15) is 20.3 Å². The van der Waals surface area contributed by atoms with Crippen molar-refractivity contribution in [1.29, 1.82) is 0 Å². The van der Waals surface area contributed by atoms with Gasteiger partial charge in [0.2, 0.25) is 5.91 Å². The van der Waals surface area contributed by atoms with E-state index < -0.39 is 15.8 Å². The van der Waals surface area contributed by atoms with Crippen molar-refractivity contribution in [2.75, 3.05) is 24.6 Å². The third-order valence-electron chi connectivity index (χ3n) is 3.23. The number of sulfone groups is 1. The average Bonchev–Trinajstić information content (AvgIpc) is 2.49. The van der Waals surface area contributed by atoms with E-state index in [0.717, 1.165) is 0 Å². The second kappa shape index (κ2) is 6.23. The van der Waals surface area contributed by atoms with Gasteiger partial charge in [-0.15, -0.1) is 0 Å². The summed E-state index contributed by atoms with van der Waals surface area (Å²) in [7, 11) is -3.06. The normalized spacial score (nSPS) is 22.1. The Labute approximate surface area is 113 Å². The highest BCUT2D eigenvalue weighted by Crippen LogP contribution is 2.17. The SMILES string of the molecule is CC(C)C(C(=O)N1CCCS(=O)(=O)CC1)C(N)=NO. The first-order chi connectivity index (χ1) is 8.78. The summed E-state index contributed by atoms with van der Waals surface area (Å²) in [6.07, 6.45) is 0.426. The Kier molecular flexibility index (Phi) is 5.16. The van der Waals surface area contributed by atoms with Crippen LogP contribution in [0.5, 0.6) is 0 Å². The molecule has 0 bridgehead atoms. The van der Waals surface area contributed by atoms with E-state index in [4.69, 9.17) is 10.9 Å². The maximum atomic E-state index is 12.4. The Morgan fingerprint density at radius 1 is 1.32 bits per heavy atom. The maximum Gasteiger partial charge on any atom is 0.233 e. The molecule has 1 rings (SSSR count). The number of amides is 1. The summed E-state index contributed by atoms with van der Waals surface area (Å²) in [6.45, 7) is 4.16. The second-order valence-corrected chi connectivity index (χ2v) is 7.38. The van der Waals surface area contributed by atoms with E-state index in [1.165, 1.54) is 4.90 Å². The molecule has 19 heavy (non-hydrogen) atoms. The number of oxime groups is 1. The zero-order chi connectivity index (χ0) is 14.6. The minimum Gasteiger partial charge on any atom is -0.409 e. The fraction of sp³-hybridized carbons (Fsp3) is 0.818. The van der Waals surface area contributed by atoms with Crippen molar-refractivity contribution >= 4 is 21.6 Å². The van der Waals surface area contributed by atoms with Crippen molar-refractivity contribution in [3.63, 3.8) is 0 Å². The molecule has 0 spiro atoms. The molecular formula is C11H21N3O4S. The van der Waals surface area contributed by atoms with Crippen LogP contribution < -0.4 is 5.73 Å². The van der Waals surface area contributed by atoms with Crippen LogP contribution in [0.4, 0.5) is 0 Å². The monoisotopic (exact) mass is 291 g/mol. The highest BCUT2D eigenvalue weighted by atomic mass is 32.2. The fourth-order valence-electron chi connectivity index (χ4n) is 2.17. The molecule has 1 aliphatic rings. The highest BCUT2D eigenvalue weighted by Gasteiger charge is 2.32. The van der Waals surface area contributed by atoms with Crippen molar-refractivity contribution in [3.8, 4) is 0 Å². The number of hydrogen-bond donors (Lipinski definition) is 2. The quantitative estimate of drug-likeness (QED) is 0.319. The van der Waals surface area contributed by atoms with Crippen LogP contribution in [0, 0.1) is 11.8 Å². The molecule has 1 fully saturated rings. The molecule has 1 aliphatic heterocycles. The van der Waals surface area contributed by atoms with Crippen molar-refractivity contribution in [2.24, 2.45) is 22.7 Å². The van der Waals surface area contributed by atoms with E-state index in [1.807, 2.05) is 0 Å². The second-order valence-electron chi connectivity index (χ2n) is 5.08. The topological polar surface area (TPSA) is 113 Å². The number of rotatable bonds is 3. The lowest BCUT2D eigenvalue weighted by Gasteiger charge is -2.27. The molecule has 0 aromatic heterocycles. The molecule has 0 aliphatic carbocycles. The molecule has 1 unspecified atom stereocenters. The standard InChI is InChI=1S/C11H21N3O4S/c1-8(2)9(10(12)13-16)11(15)14-4-3-6-19(17,18)7-5-14/h8-9,16H,3-7H2,1-2H3,(H2,12,13). The summed E-state index contributed by atoms with van der Waals surface area (Å²) in [5, 5.41) is 11.6. The number of nitrogens with zero attached hydrogens (tertiary/aromatic N) is 2. The van der Waals surface area contributed by atoms with Crippen LogP contribution >= 0.6 is 0 Å². The summed E-state index contributed by atoms with van der Waals surface area (Å²) < 4.78 is 23.0. The number of hydrogen-bond acceptors (Lipinski definition) is 5. The molecule has 1 amide bonds. The Morgan fingerprint density at radius 3 is 2.47 bits per heavy atom. The third-order valence-corrected chi connectivity index (χ3v) is 4.95. The van der Waals surface area contributed by atoms with Crippen molar-refractivity contribution in [1.82, 2.24) is 4.90 Å². The van der Waals surface area contributed by atoms with Crippen LogP contribution in [0.15, 0.2) is 5.16 Å². The average molecular weight is 291 g/mol. The number of amidine groups is 1. The summed E-state index contributed by atoms with van der Waals surface area (Å²) in [5.74, 6) is -1.17. The van der Waals surface area contributed by atoms with Gasteiger partial charge in [-0.1, -0.05) is 19.0 Å². The first kappa shape index (κ1) is 15.7. The van der Waals surface area contributed by atoms with E-state index in [2.05, 4.69) is 5.16 Å². The first-order valence-electron chi connectivity index (χ1n) is 6.25. The lowest BCUT2D eigenvalue weighted by molar-refractivity contribution is -0.134. The van der Waals surface area contributed by atoms with Gasteiger partial charge in [0.15, 0.2) is 15.7 Å². The molecule has 8 heteroatoms. The van der Waals surface area contributed by atoms with Gasteiger partial charge in [-0.3, -0.25) is 4.79 Å². The Bertz CT molecular complexity index is 459. The lowest BCUT2D eigenvalue weighted by atomic mass is 9.93. The predicted octanol–water partition coefficient (Wildman–Crippen LogP) is -0.348. The number of nitrogens with two attached hydrogens (primary N) is 1. The first-order valence-corrected chi connectivity index (χ1v) is 8.07. The van der Waals surface area contributed by atoms with Gasteiger partial charge in [0.25, 0.3) is 0 Å². The Hall–Kier alpha value is -1.31. The zero-order valence-corrected chi connectivity index (χ0v) is 12.1. The molecule has 0 saturated carbocycles. The molecule has 7 nitrogen and oxygen atoms in total. The third kappa shape index (κ3) is 4.09. The van der Waals surface area contributed by atoms with Crippen LogP contribution in [0.2, 0.25) is 0 Å². The van der Waals surface area contributed by atoms with E-state index in [-0.39, 0.29) is 35.7 Å². The fourth-order valence-corrected chi connectivity index (χ4v) is 3.44. The van der Waals surface area contributed by atoms with Crippen molar-refractivity contribution < 1.29 is 18.4 Å². The van der Waals surface area contributed by atoms with Gasteiger partial charge in [-0.25, -0.2) is 8.42 Å². The van der Waals surface area contributed by atoms with E-state index in [1.54, 1.807) is 13.8 Å². The maximum absolute atomic E-state index is 12.4. The molecule has 110 valence electrons. The van der Waals surface area contributed by atoms with E-state index in [0.29, 0.717) is 13.0 Å². The van der Waals surface area contributed by atoms with Gasteiger partial charge < -0.3 is 15.8 Å². The van der Waals surface area contributed by atoms with Crippen LogP contribution in [0.3, 0.4) is 0 Å². The molecule has 0 aromatic rings. The van der Waals surface area contributed by atoms with Crippen LogP contribution in [-0.2, 0) is 14.6 Å². The van der Waals surface area contributed by atoms with Crippen LogP contribution in [0.25, 0.3) is 0 Å². The van der Waals surface area contributed by atoms with Crippen molar-refractivity contribution in [3.05, 3.63) is 0 Å². The van der Waals surface area contributed by atoms with E-state index >= 15 is 0 Å². The molecule has 3 N–H and O–H groups in total. The number of carbonyl (C=O) groups is 1. The molecular weight excluding hydrogens is 270 g/mol. The van der Waals surface area contributed by atoms with Crippen LogP contribution in [-0.4, -0.2) is 54.9 Å². The highest BCUT2D eigenvalue weighted by molar-refractivity contribution is 7.91. The van der Waals surface area contributed by atoms with Gasteiger partial charge in [0.05, 0.1) is 11.5 Å². The Balaban J connectivity index is 2.86. The molecule has 1 heterocycles. The largest absolute Gasteiger partial charge is 0.409 e. The predicted molar refractivity (Wildman–Crippen MR) is 71.6 cm³/mol. The summed E-state index contributed by atoms with van der Waals surface area (Å²) in [6, 6.07) is 0. The van der Waals surface area contributed by atoms with Gasteiger partial charge in [-0.05, 0) is 12.3 Å². The van der Waals surface area contributed by atoms with Crippen molar-refractivity contribution in [2.45, 2.75) is 20.3 Å². The summed E-state index contributed by atoms with van der Waals surface area (Å²) in [4.78, 5) is 13.9. The van der Waals surface area contributed by atoms with Gasteiger partial charge in [0, 0.05) is 13.1 Å². The lowest BCUT2D eigenvalue weighted by Crippen LogP contribution is -2.45. The molecule has 0 radical (unpaired) electrons. The van der Waals surface area contributed by atoms with Gasteiger partial charge in [0.1, 0.15) is 5.92 Å². The van der Waals surface area contributed by atoms with Gasteiger partial charge >= 0.3 is 0 Å². The summed E-state index contributed by atoms with van der Waals surface area (Å²) >= 11 is 0.